The van der Waals surface area contributed by atoms with E-state index < -0.39 is 53.0 Å². The van der Waals surface area contributed by atoms with E-state index in [4.69, 9.17) is 9.47 Å². The maximum atomic E-state index is 13.4. The number of hydrogen-bond donors (Lipinski definition) is 5. The minimum absolute atomic E-state index is 0.0945. The Morgan fingerprint density at radius 1 is 1.32 bits per heavy atom. The molecule has 0 aliphatic carbocycles. The number of methoxy groups -OCH3 is 1. The molecule has 38 heavy (non-hydrogen) atoms. The number of hydrazine groups is 1. The lowest BCUT2D eigenvalue weighted by molar-refractivity contribution is -0.193. The molecule has 3 aliphatic heterocycles. The van der Waals surface area contributed by atoms with Crippen molar-refractivity contribution in [3.8, 4) is 0 Å². The molecule has 204 valence electrons. The van der Waals surface area contributed by atoms with Crippen LogP contribution < -0.4 is 21.4 Å². The number of ether oxygens (including phenoxy) is 2. The summed E-state index contributed by atoms with van der Waals surface area (Å²) in [5.74, 6) is -3.55. The predicted octanol–water partition coefficient (Wildman–Crippen LogP) is -0.696. The third-order valence-corrected chi connectivity index (χ3v) is 8.16. The van der Waals surface area contributed by atoms with Gasteiger partial charge in [0, 0.05) is 36.8 Å². The lowest BCUT2D eigenvalue weighted by Gasteiger charge is -2.55. The van der Waals surface area contributed by atoms with Crippen LogP contribution >= 0.6 is 23.1 Å². The van der Waals surface area contributed by atoms with Crippen molar-refractivity contribution in [1.29, 1.82) is 0 Å². The minimum atomic E-state index is -1.92. The molecule has 3 atom stereocenters. The van der Waals surface area contributed by atoms with Gasteiger partial charge in [0.25, 0.3) is 17.5 Å². The summed E-state index contributed by atoms with van der Waals surface area (Å²) in [4.78, 5) is 75.7. The van der Waals surface area contributed by atoms with Gasteiger partial charge in [-0.25, -0.2) is 24.8 Å². The van der Waals surface area contributed by atoms with Gasteiger partial charge >= 0.3 is 24.0 Å². The summed E-state index contributed by atoms with van der Waals surface area (Å²) in [5.41, 5.74) is 0.310. The van der Waals surface area contributed by atoms with Crippen molar-refractivity contribution in [1.82, 2.24) is 31.3 Å². The van der Waals surface area contributed by atoms with Crippen LogP contribution in [0.25, 0.3) is 0 Å². The molecule has 0 saturated carbocycles. The molecule has 2 saturated heterocycles. The van der Waals surface area contributed by atoms with E-state index in [1.807, 2.05) is 0 Å². The highest BCUT2D eigenvalue weighted by Crippen LogP contribution is 2.46. The van der Waals surface area contributed by atoms with Gasteiger partial charge in [-0.1, -0.05) is 6.07 Å². The van der Waals surface area contributed by atoms with Gasteiger partial charge in [0.05, 0.1) is 6.54 Å². The van der Waals surface area contributed by atoms with Gasteiger partial charge in [-0.3, -0.25) is 19.3 Å². The number of fused-ring (bicyclic) bond motifs is 1. The van der Waals surface area contributed by atoms with Crippen LogP contribution in [0.4, 0.5) is 9.59 Å². The van der Waals surface area contributed by atoms with E-state index in [2.05, 4.69) is 21.4 Å². The normalized spacial score (nSPS) is 23.2. The largest absolute Gasteiger partial charge is 0.477 e. The van der Waals surface area contributed by atoms with E-state index >= 15 is 0 Å². The quantitative estimate of drug-likeness (QED) is 0.144. The summed E-state index contributed by atoms with van der Waals surface area (Å²) in [5, 5.41) is 19.1. The van der Waals surface area contributed by atoms with Gasteiger partial charge in [-0.2, -0.15) is 0 Å². The van der Waals surface area contributed by atoms with Gasteiger partial charge in [-0.05, 0) is 11.4 Å². The first-order chi connectivity index (χ1) is 18.1. The second-order valence-corrected chi connectivity index (χ2v) is 10.3. The lowest BCUT2D eigenvalue weighted by Crippen LogP contribution is -2.81. The highest BCUT2D eigenvalue weighted by molar-refractivity contribution is 8.00. The van der Waals surface area contributed by atoms with Crippen LogP contribution in [0.5, 0.6) is 0 Å². The Balaban J connectivity index is 1.53. The molecule has 6 amide bonds. The van der Waals surface area contributed by atoms with Crippen LogP contribution in [0.1, 0.15) is 17.8 Å². The van der Waals surface area contributed by atoms with Crippen molar-refractivity contribution in [2.75, 3.05) is 32.6 Å². The van der Waals surface area contributed by atoms with Gasteiger partial charge in [0.1, 0.15) is 23.7 Å². The van der Waals surface area contributed by atoms with E-state index in [1.165, 1.54) is 25.4 Å². The second kappa shape index (κ2) is 10.9. The van der Waals surface area contributed by atoms with Crippen molar-refractivity contribution in [3.63, 3.8) is 0 Å². The van der Waals surface area contributed by atoms with E-state index in [-0.39, 0.29) is 30.2 Å². The van der Waals surface area contributed by atoms with Gasteiger partial charge in [0.2, 0.25) is 0 Å². The molecule has 0 spiro atoms. The standard InChI is InChI=1S/C21H24N6O9S2/c1-10(28)36-8-11-9-38-18-21(35-2,17(32)27(18)14(11)16(30)31)24-15(29)13(12-4-3-7-37-12)23-19(33)25-26-6-5-22-20(26)34/h3-4,7,13,18H,5-6,8-9H2,1-2H3,(H,22,34)(H,24,29)(H,30,31)(H2,23,25,33)/t13?,18?,21-/m1/s1. The number of esters is 1. The number of aliphatic carboxylic acids is 1. The number of thioether (sulfide) groups is 1. The number of carboxylic acid groups (broad SMARTS) is 1. The molecule has 1 aromatic heterocycles. The highest BCUT2D eigenvalue weighted by Gasteiger charge is 2.67. The molecule has 17 heteroatoms. The second-order valence-electron chi connectivity index (χ2n) is 8.22. The zero-order chi connectivity index (χ0) is 27.6. The fourth-order valence-corrected chi connectivity index (χ4v) is 6.28. The van der Waals surface area contributed by atoms with Gasteiger partial charge in [-0.15, -0.1) is 23.1 Å². The zero-order valence-corrected chi connectivity index (χ0v) is 21.8. The van der Waals surface area contributed by atoms with Crippen molar-refractivity contribution in [2.45, 2.75) is 24.1 Å². The van der Waals surface area contributed by atoms with Crippen molar-refractivity contribution < 1.29 is 43.3 Å². The number of nitrogens with zero attached hydrogens (tertiary/aromatic N) is 2. The molecule has 2 fully saturated rings. The van der Waals surface area contributed by atoms with E-state index in [0.717, 1.165) is 21.7 Å². The molecule has 0 aromatic carbocycles. The first-order valence-electron chi connectivity index (χ1n) is 11.2. The number of rotatable bonds is 9. The van der Waals surface area contributed by atoms with Crippen molar-refractivity contribution in [3.05, 3.63) is 33.7 Å². The molecule has 4 rings (SSSR count). The average molecular weight is 569 g/mol. The maximum absolute atomic E-state index is 13.4. The molecule has 4 heterocycles. The Morgan fingerprint density at radius 2 is 2.08 bits per heavy atom. The van der Waals surface area contributed by atoms with E-state index in [9.17, 15) is 33.9 Å². The molecular formula is C21H24N6O9S2. The van der Waals surface area contributed by atoms with Crippen LogP contribution in [0, 0.1) is 0 Å². The summed E-state index contributed by atoms with van der Waals surface area (Å²) in [6.07, 6.45) is 0. The van der Waals surface area contributed by atoms with Crippen LogP contribution in [0.2, 0.25) is 0 Å². The molecule has 2 unspecified atom stereocenters. The minimum Gasteiger partial charge on any atom is -0.477 e. The first-order valence-corrected chi connectivity index (χ1v) is 13.1. The SMILES string of the molecule is CO[C@]1(NC(=O)C(NC(=O)NN2CCNC2=O)c2cccs2)C(=O)N2C(C(=O)O)=C(COC(C)=O)CSC21. The number of nitrogens with one attached hydrogen (secondary N) is 4. The Kier molecular flexibility index (Phi) is 7.79. The Bertz CT molecular complexity index is 1210. The van der Waals surface area contributed by atoms with Gasteiger partial charge < -0.3 is 30.5 Å². The third-order valence-electron chi connectivity index (χ3n) is 5.85. The Labute approximate surface area is 223 Å². The summed E-state index contributed by atoms with van der Waals surface area (Å²) in [7, 11) is 1.20. The number of amides is 6. The molecule has 0 bridgehead atoms. The topological polar surface area (TPSA) is 196 Å². The smallest absolute Gasteiger partial charge is 0.352 e. The molecule has 5 N–H and O–H groups in total. The highest BCUT2D eigenvalue weighted by atomic mass is 32.2. The molecule has 0 radical (unpaired) electrons. The number of hydrogen-bond acceptors (Lipinski definition) is 10. The lowest BCUT2D eigenvalue weighted by atomic mass is 9.97. The van der Waals surface area contributed by atoms with Crippen LogP contribution in [0.3, 0.4) is 0 Å². The summed E-state index contributed by atoms with van der Waals surface area (Å²) >= 11 is 2.30. The molecule has 3 aliphatic rings. The number of thiophene rings is 1. The van der Waals surface area contributed by atoms with Gasteiger partial charge in [0.15, 0.2) is 0 Å². The van der Waals surface area contributed by atoms with Crippen LogP contribution in [-0.4, -0.2) is 94.5 Å². The number of carboxylic acids is 1. The van der Waals surface area contributed by atoms with Crippen LogP contribution in [-0.2, 0) is 28.7 Å². The zero-order valence-electron chi connectivity index (χ0n) is 20.1. The fourth-order valence-electron chi connectivity index (χ4n) is 4.08. The number of carbonyl (C=O) groups is 6. The maximum Gasteiger partial charge on any atom is 0.352 e. The summed E-state index contributed by atoms with van der Waals surface area (Å²) < 4.78 is 10.4. The summed E-state index contributed by atoms with van der Waals surface area (Å²) in [6, 6.07) is 0.676. The number of urea groups is 2. The van der Waals surface area contributed by atoms with Crippen molar-refractivity contribution in [2.24, 2.45) is 0 Å². The first kappa shape index (κ1) is 27.2. The summed E-state index contributed by atoms with van der Waals surface area (Å²) in [6.45, 7) is 1.45. The van der Waals surface area contributed by atoms with E-state index in [0.29, 0.717) is 11.4 Å². The average Bonchev–Trinajstić information content (AvgIpc) is 3.55. The Hall–Kier alpha value is -3.83. The fraction of sp³-hybridized carbons (Fsp3) is 0.429. The van der Waals surface area contributed by atoms with E-state index in [1.54, 1.807) is 17.5 Å². The molecular weight excluding hydrogens is 544 g/mol. The number of carbonyl (C=O) groups excluding carboxylic acids is 5. The third kappa shape index (κ3) is 4.99. The molecule has 15 nitrogen and oxygen atoms in total. The van der Waals surface area contributed by atoms with Crippen molar-refractivity contribution >= 4 is 58.9 Å². The monoisotopic (exact) mass is 568 g/mol. The van der Waals surface area contributed by atoms with Crippen LogP contribution in [0.15, 0.2) is 28.8 Å². The number of β-lactam (4-membered cyclic amide) rings is 1. The molecule has 1 aromatic rings. The predicted molar refractivity (Wildman–Crippen MR) is 131 cm³/mol. The Morgan fingerprint density at radius 3 is 2.66 bits per heavy atom.